The van der Waals surface area contributed by atoms with Gasteiger partial charge >= 0.3 is 6.18 Å². The highest BCUT2D eigenvalue weighted by atomic mass is 19.4. The first-order valence-electron chi connectivity index (χ1n) is 6.46. The standard InChI is InChI=1S/C13H15F3N2O3/c14-13(15,16)12(19)5-7-17(8-6-12)9-10-1-3-11(4-2-10)18(20)21/h1-4,19H,5-9H2. The van der Waals surface area contributed by atoms with E-state index in [0.29, 0.717) is 6.54 Å². The van der Waals surface area contributed by atoms with Crippen molar-refractivity contribution >= 4 is 5.69 Å². The van der Waals surface area contributed by atoms with Crippen LogP contribution in [0.25, 0.3) is 0 Å². The Hall–Kier alpha value is -1.67. The zero-order valence-electron chi connectivity index (χ0n) is 11.1. The predicted octanol–water partition coefficient (Wildman–Crippen LogP) is 2.48. The van der Waals surface area contributed by atoms with Gasteiger partial charge in [0.25, 0.3) is 5.69 Å². The minimum atomic E-state index is -4.60. The number of non-ortho nitro benzene ring substituents is 1. The van der Waals surface area contributed by atoms with Crippen molar-refractivity contribution in [1.82, 2.24) is 4.90 Å². The van der Waals surface area contributed by atoms with Gasteiger partial charge in [-0.3, -0.25) is 15.0 Å². The molecule has 1 aromatic carbocycles. The van der Waals surface area contributed by atoms with E-state index in [0.717, 1.165) is 5.56 Å². The SMILES string of the molecule is O=[N+]([O-])c1ccc(CN2CCC(O)(C(F)(F)F)CC2)cc1. The maximum absolute atomic E-state index is 12.7. The summed E-state index contributed by atoms with van der Waals surface area (Å²) in [5, 5.41) is 20.1. The first-order valence-corrected chi connectivity index (χ1v) is 6.46. The Morgan fingerprint density at radius 3 is 2.19 bits per heavy atom. The monoisotopic (exact) mass is 304 g/mol. The molecule has 2 rings (SSSR count). The first kappa shape index (κ1) is 15.7. The summed E-state index contributed by atoms with van der Waals surface area (Å²) in [4.78, 5) is 11.8. The lowest BCUT2D eigenvalue weighted by molar-refractivity contribution is -0.384. The molecule has 0 aliphatic carbocycles. The highest BCUT2D eigenvalue weighted by molar-refractivity contribution is 5.32. The van der Waals surface area contributed by atoms with Gasteiger partial charge in [-0.05, 0) is 18.4 Å². The lowest BCUT2D eigenvalue weighted by Gasteiger charge is -2.39. The van der Waals surface area contributed by atoms with Gasteiger partial charge < -0.3 is 5.11 Å². The zero-order valence-corrected chi connectivity index (χ0v) is 11.1. The molecule has 0 aromatic heterocycles. The lowest BCUT2D eigenvalue weighted by atomic mass is 9.90. The molecule has 21 heavy (non-hydrogen) atoms. The summed E-state index contributed by atoms with van der Waals surface area (Å²) in [6.07, 6.45) is -5.32. The second-order valence-electron chi connectivity index (χ2n) is 5.23. The number of benzene rings is 1. The quantitative estimate of drug-likeness (QED) is 0.688. The maximum Gasteiger partial charge on any atom is 0.417 e. The molecule has 0 amide bonds. The number of nitro groups is 1. The Labute approximate surface area is 119 Å². The van der Waals surface area contributed by atoms with Crippen molar-refractivity contribution in [1.29, 1.82) is 0 Å². The van der Waals surface area contributed by atoms with Crippen molar-refractivity contribution in [2.24, 2.45) is 0 Å². The summed E-state index contributed by atoms with van der Waals surface area (Å²) in [6, 6.07) is 5.90. The van der Waals surface area contributed by atoms with Gasteiger partial charge in [0.2, 0.25) is 0 Å². The van der Waals surface area contributed by atoms with Gasteiger partial charge in [0, 0.05) is 31.8 Å². The minimum absolute atomic E-state index is 0.0242. The third-order valence-electron chi connectivity index (χ3n) is 3.76. The molecule has 116 valence electrons. The Morgan fingerprint density at radius 2 is 1.76 bits per heavy atom. The summed E-state index contributed by atoms with van der Waals surface area (Å²) in [5.41, 5.74) is -1.83. The van der Waals surface area contributed by atoms with Gasteiger partial charge in [-0.2, -0.15) is 13.2 Å². The van der Waals surface area contributed by atoms with Gasteiger partial charge in [-0.25, -0.2) is 0 Å². The molecule has 0 atom stereocenters. The third kappa shape index (κ3) is 3.51. The van der Waals surface area contributed by atoms with Crippen molar-refractivity contribution in [2.45, 2.75) is 31.2 Å². The summed E-state index contributed by atoms with van der Waals surface area (Å²) in [7, 11) is 0. The number of hydrogen-bond acceptors (Lipinski definition) is 4. The Balaban J connectivity index is 1.93. The van der Waals surface area contributed by atoms with Crippen LogP contribution in [0.15, 0.2) is 24.3 Å². The zero-order chi connectivity index (χ0) is 15.7. The number of alkyl halides is 3. The van der Waals surface area contributed by atoms with E-state index in [-0.39, 0.29) is 31.6 Å². The van der Waals surface area contributed by atoms with E-state index >= 15 is 0 Å². The molecule has 0 saturated carbocycles. The average Bonchev–Trinajstić information content (AvgIpc) is 2.41. The van der Waals surface area contributed by atoms with Gasteiger partial charge in [-0.15, -0.1) is 0 Å². The highest BCUT2D eigenvalue weighted by Crippen LogP contribution is 2.38. The smallest absolute Gasteiger partial charge is 0.380 e. The van der Waals surface area contributed by atoms with Crippen molar-refractivity contribution in [3.8, 4) is 0 Å². The molecule has 1 N–H and O–H groups in total. The number of rotatable bonds is 3. The molecule has 1 aliphatic rings. The van der Waals surface area contributed by atoms with Crippen LogP contribution in [-0.2, 0) is 6.54 Å². The fourth-order valence-corrected chi connectivity index (χ4v) is 2.35. The molecule has 1 heterocycles. The first-order chi connectivity index (χ1) is 9.71. The molecule has 0 bridgehead atoms. The molecule has 1 saturated heterocycles. The number of likely N-dealkylation sites (tertiary alicyclic amines) is 1. The van der Waals surface area contributed by atoms with Crippen molar-refractivity contribution < 1.29 is 23.2 Å². The second-order valence-corrected chi connectivity index (χ2v) is 5.23. The fourth-order valence-electron chi connectivity index (χ4n) is 2.35. The van der Waals surface area contributed by atoms with Crippen LogP contribution in [0.3, 0.4) is 0 Å². The maximum atomic E-state index is 12.7. The third-order valence-corrected chi connectivity index (χ3v) is 3.76. The van der Waals surface area contributed by atoms with Crippen LogP contribution in [0.2, 0.25) is 0 Å². The number of hydrogen-bond donors (Lipinski definition) is 1. The minimum Gasteiger partial charge on any atom is -0.380 e. The van der Waals surface area contributed by atoms with Crippen LogP contribution in [0, 0.1) is 10.1 Å². The van der Waals surface area contributed by atoms with E-state index < -0.39 is 16.7 Å². The largest absolute Gasteiger partial charge is 0.417 e. The van der Waals surface area contributed by atoms with Crippen molar-refractivity contribution in [2.75, 3.05) is 13.1 Å². The van der Waals surface area contributed by atoms with Crippen molar-refractivity contribution in [3.63, 3.8) is 0 Å². The van der Waals surface area contributed by atoms with Crippen LogP contribution in [-0.4, -0.2) is 39.8 Å². The second kappa shape index (κ2) is 5.61. The van der Waals surface area contributed by atoms with Gasteiger partial charge in [0.1, 0.15) is 0 Å². The van der Waals surface area contributed by atoms with Crippen molar-refractivity contribution in [3.05, 3.63) is 39.9 Å². The Kier molecular flexibility index (Phi) is 4.20. The van der Waals surface area contributed by atoms with E-state index in [1.165, 1.54) is 12.1 Å². The molecule has 1 aliphatic heterocycles. The van der Waals surface area contributed by atoms with E-state index in [2.05, 4.69) is 0 Å². The van der Waals surface area contributed by atoms with Crippen LogP contribution in [0.5, 0.6) is 0 Å². The molecule has 1 aromatic rings. The van der Waals surface area contributed by atoms with Gasteiger partial charge in [0.05, 0.1) is 4.92 Å². The molecule has 0 spiro atoms. The highest BCUT2D eigenvalue weighted by Gasteiger charge is 2.54. The van der Waals surface area contributed by atoms with E-state index in [1.807, 2.05) is 0 Å². The fraction of sp³-hybridized carbons (Fsp3) is 0.538. The van der Waals surface area contributed by atoms with Gasteiger partial charge in [0.15, 0.2) is 5.60 Å². The average molecular weight is 304 g/mol. The predicted molar refractivity (Wildman–Crippen MR) is 68.6 cm³/mol. The van der Waals surface area contributed by atoms with E-state index in [9.17, 15) is 28.4 Å². The number of piperidine rings is 1. The molecular formula is C13H15F3N2O3. The Bertz CT molecular complexity index is 508. The summed E-state index contributed by atoms with van der Waals surface area (Å²) in [5.74, 6) is 0. The van der Waals surface area contributed by atoms with Crippen LogP contribution in [0.1, 0.15) is 18.4 Å². The molecular weight excluding hydrogens is 289 g/mol. The van der Waals surface area contributed by atoms with Gasteiger partial charge in [-0.1, -0.05) is 12.1 Å². The van der Waals surface area contributed by atoms with Crippen LogP contribution >= 0.6 is 0 Å². The number of aliphatic hydroxyl groups is 1. The number of nitro benzene ring substituents is 1. The van der Waals surface area contributed by atoms with Crippen LogP contribution in [0.4, 0.5) is 18.9 Å². The van der Waals surface area contributed by atoms with E-state index in [1.54, 1.807) is 17.0 Å². The number of nitrogens with zero attached hydrogens (tertiary/aromatic N) is 2. The Morgan fingerprint density at radius 1 is 1.24 bits per heavy atom. The number of halogens is 3. The molecule has 0 radical (unpaired) electrons. The lowest BCUT2D eigenvalue weighted by Crippen LogP contribution is -2.53. The topological polar surface area (TPSA) is 66.6 Å². The summed E-state index contributed by atoms with van der Waals surface area (Å²) in [6.45, 7) is 0.673. The molecule has 5 nitrogen and oxygen atoms in total. The van der Waals surface area contributed by atoms with Crippen LogP contribution < -0.4 is 0 Å². The summed E-state index contributed by atoms with van der Waals surface area (Å²) >= 11 is 0. The molecule has 1 fully saturated rings. The summed E-state index contributed by atoms with van der Waals surface area (Å²) < 4.78 is 38.0. The van der Waals surface area contributed by atoms with E-state index in [4.69, 9.17) is 0 Å². The molecule has 0 unspecified atom stereocenters. The normalized spacial score (nSPS) is 19.4. The molecule has 8 heteroatoms.